The molecule has 2 unspecified atom stereocenters. The smallest absolute Gasteiger partial charge is 0.0543 e. The molecule has 3 nitrogen and oxygen atoms in total. The highest BCUT2D eigenvalue weighted by Gasteiger charge is 2.17. The highest BCUT2D eigenvalue weighted by atomic mass is 15.1. The zero-order chi connectivity index (χ0) is 12.8. The maximum Gasteiger partial charge on any atom is 0.0543 e. The fraction of sp³-hybridized carbons (Fsp3) is 0.667. The Morgan fingerprint density at radius 1 is 1.33 bits per heavy atom. The van der Waals surface area contributed by atoms with Crippen molar-refractivity contribution in [2.75, 3.05) is 13.1 Å². The molecule has 0 aromatic carbocycles. The molecule has 0 bridgehead atoms. The van der Waals surface area contributed by atoms with E-state index in [0.717, 1.165) is 6.54 Å². The third-order valence-corrected chi connectivity index (χ3v) is 3.80. The molecular formula is C15H25N3. The second kappa shape index (κ2) is 6.86. The highest BCUT2D eigenvalue weighted by Crippen LogP contribution is 2.11. The van der Waals surface area contributed by atoms with E-state index in [2.05, 4.69) is 41.2 Å². The van der Waals surface area contributed by atoms with Crippen LogP contribution in [0, 0.1) is 0 Å². The molecule has 2 heterocycles. The van der Waals surface area contributed by atoms with Crippen LogP contribution in [0.15, 0.2) is 24.4 Å². The zero-order valence-corrected chi connectivity index (χ0v) is 11.6. The number of rotatable bonds is 3. The largest absolute Gasteiger partial charge is 0.311 e. The van der Waals surface area contributed by atoms with Crippen molar-refractivity contribution in [1.82, 2.24) is 15.2 Å². The van der Waals surface area contributed by atoms with Crippen LogP contribution in [0.5, 0.6) is 0 Å². The molecule has 1 aromatic rings. The summed E-state index contributed by atoms with van der Waals surface area (Å²) < 4.78 is 0. The Labute approximate surface area is 111 Å². The first kappa shape index (κ1) is 13.5. The van der Waals surface area contributed by atoms with Crippen LogP contribution in [0.4, 0.5) is 0 Å². The van der Waals surface area contributed by atoms with E-state index in [1.54, 1.807) is 0 Å². The summed E-state index contributed by atoms with van der Waals surface area (Å²) >= 11 is 0. The summed E-state index contributed by atoms with van der Waals surface area (Å²) in [7, 11) is 0. The van der Waals surface area contributed by atoms with Crippen molar-refractivity contribution in [2.45, 2.75) is 51.7 Å². The second-order valence-corrected chi connectivity index (χ2v) is 5.35. The van der Waals surface area contributed by atoms with Crippen molar-refractivity contribution in [1.29, 1.82) is 0 Å². The first-order valence-electron chi connectivity index (χ1n) is 7.16. The molecule has 18 heavy (non-hydrogen) atoms. The molecule has 3 heteroatoms. The molecule has 0 radical (unpaired) electrons. The van der Waals surface area contributed by atoms with Crippen molar-refractivity contribution in [3.05, 3.63) is 30.1 Å². The molecule has 2 atom stereocenters. The van der Waals surface area contributed by atoms with Crippen molar-refractivity contribution in [2.24, 2.45) is 0 Å². The molecule has 1 aliphatic heterocycles. The average molecular weight is 247 g/mol. The Morgan fingerprint density at radius 2 is 2.17 bits per heavy atom. The Kier molecular flexibility index (Phi) is 5.14. The van der Waals surface area contributed by atoms with Crippen LogP contribution in [-0.2, 0) is 6.54 Å². The van der Waals surface area contributed by atoms with E-state index in [9.17, 15) is 0 Å². The van der Waals surface area contributed by atoms with Crippen LogP contribution in [0.1, 0.15) is 38.8 Å². The minimum Gasteiger partial charge on any atom is -0.311 e. The predicted octanol–water partition coefficient (Wildman–Crippen LogP) is 2.43. The predicted molar refractivity (Wildman–Crippen MR) is 75.4 cm³/mol. The fourth-order valence-corrected chi connectivity index (χ4v) is 2.60. The van der Waals surface area contributed by atoms with Gasteiger partial charge in [-0.15, -0.1) is 0 Å². The minimum absolute atomic E-state index is 0.626. The minimum atomic E-state index is 0.626. The van der Waals surface area contributed by atoms with Gasteiger partial charge < -0.3 is 5.32 Å². The molecule has 1 N–H and O–H groups in total. The third kappa shape index (κ3) is 4.07. The number of nitrogens with zero attached hydrogens (tertiary/aromatic N) is 2. The monoisotopic (exact) mass is 247 g/mol. The summed E-state index contributed by atoms with van der Waals surface area (Å²) in [4.78, 5) is 6.97. The summed E-state index contributed by atoms with van der Waals surface area (Å²) in [5.41, 5.74) is 1.19. The van der Waals surface area contributed by atoms with Gasteiger partial charge in [-0.05, 0) is 38.3 Å². The molecule has 1 fully saturated rings. The van der Waals surface area contributed by atoms with Crippen LogP contribution in [0.25, 0.3) is 0 Å². The van der Waals surface area contributed by atoms with Crippen LogP contribution in [0.3, 0.4) is 0 Å². The lowest BCUT2D eigenvalue weighted by Gasteiger charge is -2.31. The Morgan fingerprint density at radius 3 is 2.89 bits per heavy atom. The van der Waals surface area contributed by atoms with Gasteiger partial charge in [-0.25, -0.2) is 0 Å². The van der Waals surface area contributed by atoms with Crippen molar-refractivity contribution >= 4 is 0 Å². The van der Waals surface area contributed by atoms with Gasteiger partial charge in [0, 0.05) is 37.9 Å². The molecule has 2 rings (SSSR count). The first-order valence-corrected chi connectivity index (χ1v) is 7.16. The van der Waals surface area contributed by atoms with Crippen LogP contribution in [0.2, 0.25) is 0 Å². The fourth-order valence-electron chi connectivity index (χ4n) is 2.60. The van der Waals surface area contributed by atoms with E-state index < -0.39 is 0 Å². The topological polar surface area (TPSA) is 28.2 Å². The van der Waals surface area contributed by atoms with Crippen LogP contribution < -0.4 is 5.32 Å². The Balaban J connectivity index is 1.91. The molecular weight excluding hydrogens is 222 g/mol. The number of hydrogen-bond donors (Lipinski definition) is 1. The average Bonchev–Trinajstić information content (AvgIpc) is 2.39. The van der Waals surface area contributed by atoms with Gasteiger partial charge in [-0.1, -0.05) is 13.0 Å². The summed E-state index contributed by atoms with van der Waals surface area (Å²) in [6, 6.07) is 7.48. The van der Waals surface area contributed by atoms with Gasteiger partial charge in [-0.3, -0.25) is 9.88 Å². The SMILES string of the molecule is CCC1CCN(Cc2ccccn2)CCC(C)N1. The maximum absolute atomic E-state index is 4.43. The van der Waals surface area contributed by atoms with Gasteiger partial charge >= 0.3 is 0 Å². The first-order chi connectivity index (χ1) is 8.78. The lowest BCUT2D eigenvalue weighted by atomic mass is 10.1. The molecule has 1 aliphatic rings. The summed E-state index contributed by atoms with van der Waals surface area (Å²) in [5, 5.41) is 3.71. The Bertz CT molecular complexity index is 339. The normalized spacial score (nSPS) is 26.6. The summed E-state index contributed by atoms with van der Waals surface area (Å²) in [6.07, 6.45) is 5.58. The van der Waals surface area contributed by atoms with Crippen molar-refractivity contribution in [3.8, 4) is 0 Å². The van der Waals surface area contributed by atoms with Gasteiger partial charge in [0.05, 0.1) is 5.69 Å². The van der Waals surface area contributed by atoms with E-state index in [1.807, 2.05) is 12.3 Å². The van der Waals surface area contributed by atoms with Crippen LogP contribution >= 0.6 is 0 Å². The van der Waals surface area contributed by atoms with E-state index in [4.69, 9.17) is 0 Å². The molecule has 0 saturated carbocycles. The number of aromatic nitrogens is 1. The van der Waals surface area contributed by atoms with Crippen molar-refractivity contribution in [3.63, 3.8) is 0 Å². The lowest BCUT2D eigenvalue weighted by Crippen LogP contribution is -2.43. The van der Waals surface area contributed by atoms with Gasteiger partial charge in [0.1, 0.15) is 0 Å². The van der Waals surface area contributed by atoms with Crippen molar-refractivity contribution < 1.29 is 0 Å². The molecule has 100 valence electrons. The Hall–Kier alpha value is -0.930. The van der Waals surface area contributed by atoms with E-state index in [-0.39, 0.29) is 0 Å². The van der Waals surface area contributed by atoms with Gasteiger partial charge in [0.15, 0.2) is 0 Å². The van der Waals surface area contributed by atoms with Gasteiger partial charge in [0.25, 0.3) is 0 Å². The number of nitrogens with one attached hydrogen (secondary N) is 1. The summed E-state index contributed by atoms with van der Waals surface area (Å²) in [6.45, 7) is 7.90. The molecule has 0 aliphatic carbocycles. The molecule has 1 saturated heterocycles. The zero-order valence-electron chi connectivity index (χ0n) is 11.6. The van der Waals surface area contributed by atoms with Gasteiger partial charge in [-0.2, -0.15) is 0 Å². The molecule has 0 amide bonds. The molecule has 1 aromatic heterocycles. The number of pyridine rings is 1. The van der Waals surface area contributed by atoms with E-state index in [0.29, 0.717) is 12.1 Å². The van der Waals surface area contributed by atoms with E-state index >= 15 is 0 Å². The van der Waals surface area contributed by atoms with Crippen LogP contribution in [-0.4, -0.2) is 35.1 Å². The summed E-state index contributed by atoms with van der Waals surface area (Å²) in [5.74, 6) is 0. The lowest BCUT2D eigenvalue weighted by molar-refractivity contribution is 0.204. The van der Waals surface area contributed by atoms with E-state index in [1.165, 1.54) is 38.0 Å². The third-order valence-electron chi connectivity index (χ3n) is 3.80. The number of hydrogen-bond acceptors (Lipinski definition) is 3. The standard InChI is InChI=1S/C15H25N3/c1-3-14-8-11-18(10-7-13(2)17-14)12-15-6-4-5-9-16-15/h4-6,9,13-14,17H,3,7-8,10-12H2,1-2H3. The highest BCUT2D eigenvalue weighted by molar-refractivity contribution is 5.03. The second-order valence-electron chi connectivity index (χ2n) is 5.35. The van der Waals surface area contributed by atoms with Gasteiger partial charge in [0.2, 0.25) is 0 Å². The maximum atomic E-state index is 4.43. The quantitative estimate of drug-likeness (QED) is 0.889. The molecule has 0 spiro atoms.